The van der Waals surface area contributed by atoms with Gasteiger partial charge in [0.2, 0.25) is 0 Å². The molecular formula is C16H25NO2S. The maximum absolute atomic E-state index is 12.9. The Hall–Kier alpha value is -0.870. The average Bonchev–Trinajstić information content (AvgIpc) is 2.93. The summed E-state index contributed by atoms with van der Waals surface area (Å²) in [6.45, 7) is 3.92. The van der Waals surface area contributed by atoms with Gasteiger partial charge in [0.15, 0.2) is 9.84 Å². The fourth-order valence-electron chi connectivity index (χ4n) is 3.30. The van der Waals surface area contributed by atoms with Gasteiger partial charge in [-0.25, -0.2) is 8.42 Å². The summed E-state index contributed by atoms with van der Waals surface area (Å²) >= 11 is 0. The van der Waals surface area contributed by atoms with E-state index in [4.69, 9.17) is 5.73 Å². The molecule has 0 amide bonds. The molecule has 112 valence electrons. The second-order valence-corrected chi connectivity index (χ2v) is 8.53. The quantitative estimate of drug-likeness (QED) is 0.908. The molecule has 2 rings (SSSR count). The molecule has 0 aromatic heterocycles. The third kappa shape index (κ3) is 3.07. The molecule has 0 radical (unpaired) electrons. The van der Waals surface area contributed by atoms with E-state index in [9.17, 15) is 8.42 Å². The first-order chi connectivity index (χ1) is 9.44. The van der Waals surface area contributed by atoms with E-state index in [1.165, 1.54) is 0 Å². The number of benzene rings is 1. The Morgan fingerprint density at radius 1 is 1.10 bits per heavy atom. The van der Waals surface area contributed by atoms with Crippen LogP contribution in [0.5, 0.6) is 0 Å². The minimum Gasteiger partial charge on any atom is -0.323 e. The molecular weight excluding hydrogens is 270 g/mol. The summed E-state index contributed by atoms with van der Waals surface area (Å²) in [7, 11) is -3.17. The highest BCUT2D eigenvalue weighted by molar-refractivity contribution is 7.92. The third-order valence-corrected chi connectivity index (χ3v) is 7.34. The van der Waals surface area contributed by atoms with Crippen LogP contribution in [-0.2, 0) is 9.84 Å². The fourth-order valence-corrected chi connectivity index (χ4v) is 6.06. The van der Waals surface area contributed by atoms with E-state index in [1.807, 2.05) is 44.2 Å². The van der Waals surface area contributed by atoms with Gasteiger partial charge in [0.05, 0.1) is 10.5 Å². The van der Waals surface area contributed by atoms with Crippen molar-refractivity contribution in [2.24, 2.45) is 11.7 Å². The SMILES string of the molecule is CC(C)C(C(N)c1ccccc1)S(=O)(=O)C1CCCC1. The molecule has 2 N–H and O–H groups in total. The molecule has 1 aromatic rings. The zero-order valence-electron chi connectivity index (χ0n) is 12.3. The van der Waals surface area contributed by atoms with Crippen molar-refractivity contribution in [1.29, 1.82) is 0 Å². The molecule has 0 aliphatic heterocycles. The first kappa shape index (κ1) is 15.5. The molecule has 1 aliphatic carbocycles. The summed E-state index contributed by atoms with van der Waals surface area (Å²) in [6.07, 6.45) is 3.64. The molecule has 1 fully saturated rings. The number of hydrogen-bond donors (Lipinski definition) is 1. The highest BCUT2D eigenvalue weighted by atomic mass is 32.2. The standard InChI is InChI=1S/C16H25NO2S/c1-12(2)16(15(17)13-8-4-3-5-9-13)20(18,19)14-10-6-7-11-14/h3-5,8-9,12,14-16H,6-7,10-11,17H2,1-2H3. The van der Waals surface area contributed by atoms with E-state index in [1.54, 1.807) is 0 Å². The lowest BCUT2D eigenvalue weighted by Gasteiger charge is -2.30. The van der Waals surface area contributed by atoms with Crippen LogP contribution >= 0.6 is 0 Å². The molecule has 0 spiro atoms. The summed E-state index contributed by atoms with van der Waals surface area (Å²) < 4.78 is 25.8. The van der Waals surface area contributed by atoms with Crippen LogP contribution in [0.4, 0.5) is 0 Å². The molecule has 2 unspecified atom stereocenters. The van der Waals surface area contributed by atoms with Gasteiger partial charge in [0.25, 0.3) is 0 Å². The number of sulfone groups is 1. The van der Waals surface area contributed by atoms with E-state index >= 15 is 0 Å². The molecule has 0 heterocycles. The molecule has 1 aromatic carbocycles. The lowest BCUT2D eigenvalue weighted by Crippen LogP contribution is -2.42. The summed E-state index contributed by atoms with van der Waals surface area (Å²) in [6, 6.07) is 9.14. The Morgan fingerprint density at radius 2 is 1.65 bits per heavy atom. The maximum Gasteiger partial charge on any atom is 0.158 e. The van der Waals surface area contributed by atoms with Gasteiger partial charge >= 0.3 is 0 Å². The lowest BCUT2D eigenvalue weighted by molar-refractivity contribution is 0.473. The largest absolute Gasteiger partial charge is 0.323 e. The van der Waals surface area contributed by atoms with Gasteiger partial charge < -0.3 is 5.73 Å². The van der Waals surface area contributed by atoms with E-state index in [2.05, 4.69) is 0 Å². The van der Waals surface area contributed by atoms with Crippen LogP contribution in [0.3, 0.4) is 0 Å². The average molecular weight is 295 g/mol. The van der Waals surface area contributed by atoms with Crippen LogP contribution in [0, 0.1) is 5.92 Å². The summed E-state index contributed by atoms with van der Waals surface area (Å²) in [4.78, 5) is 0. The predicted octanol–water partition coefficient (Wildman–Crippen LogP) is 3.07. The Bertz CT molecular complexity index is 519. The first-order valence-electron chi connectivity index (χ1n) is 7.48. The van der Waals surface area contributed by atoms with Gasteiger partial charge in [-0.2, -0.15) is 0 Å². The number of nitrogens with two attached hydrogens (primary N) is 1. The molecule has 0 bridgehead atoms. The Labute approximate surface area is 122 Å². The number of rotatable bonds is 5. The summed E-state index contributed by atoms with van der Waals surface area (Å²) in [5.74, 6) is 0.0239. The second-order valence-electron chi connectivity index (χ2n) is 6.14. The van der Waals surface area contributed by atoms with E-state index in [-0.39, 0.29) is 11.2 Å². The normalized spacial score (nSPS) is 20.2. The lowest BCUT2D eigenvalue weighted by atomic mass is 9.97. The van der Waals surface area contributed by atoms with Crippen LogP contribution in [0.15, 0.2) is 30.3 Å². The number of hydrogen-bond acceptors (Lipinski definition) is 3. The van der Waals surface area contributed by atoms with Crippen molar-refractivity contribution in [3.63, 3.8) is 0 Å². The van der Waals surface area contributed by atoms with Crippen LogP contribution < -0.4 is 5.73 Å². The maximum atomic E-state index is 12.9. The Morgan fingerprint density at radius 3 is 2.15 bits per heavy atom. The van der Waals surface area contributed by atoms with Crippen LogP contribution in [0.1, 0.15) is 51.1 Å². The smallest absolute Gasteiger partial charge is 0.158 e. The summed E-state index contributed by atoms with van der Waals surface area (Å²) in [5.41, 5.74) is 7.22. The zero-order valence-corrected chi connectivity index (χ0v) is 13.1. The van der Waals surface area contributed by atoms with Crippen LogP contribution in [0.25, 0.3) is 0 Å². The van der Waals surface area contributed by atoms with Gasteiger partial charge in [-0.05, 0) is 24.3 Å². The van der Waals surface area contributed by atoms with E-state index < -0.39 is 21.1 Å². The van der Waals surface area contributed by atoms with Crippen molar-refractivity contribution < 1.29 is 8.42 Å². The van der Waals surface area contributed by atoms with Crippen molar-refractivity contribution >= 4 is 9.84 Å². The Kier molecular flexibility index (Phi) is 4.86. The molecule has 1 saturated carbocycles. The van der Waals surface area contributed by atoms with E-state index in [0.29, 0.717) is 0 Å². The van der Waals surface area contributed by atoms with Crippen LogP contribution in [0.2, 0.25) is 0 Å². The molecule has 4 heteroatoms. The van der Waals surface area contributed by atoms with Gasteiger partial charge in [-0.1, -0.05) is 57.0 Å². The molecule has 3 nitrogen and oxygen atoms in total. The fraction of sp³-hybridized carbons (Fsp3) is 0.625. The highest BCUT2D eigenvalue weighted by Crippen LogP contribution is 2.34. The topological polar surface area (TPSA) is 60.2 Å². The van der Waals surface area contributed by atoms with Gasteiger partial charge in [0, 0.05) is 6.04 Å². The molecule has 2 atom stereocenters. The van der Waals surface area contributed by atoms with Crippen molar-refractivity contribution in [1.82, 2.24) is 0 Å². The Balaban J connectivity index is 2.31. The van der Waals surface area contributed by atoms with Crippen molar-refractivity contribution in [3.05, 3.63) is 35.9 Å². The van der Waals surface area contributed by atoms with E-state index in [0.717, 1.165) is 31.2 Å². The van der Waals surface area contributed by atoms with Crippen molar-refractivity contribution in [3.8, 4) is 0 Å². The van der Waals surface area contributed by atoms with Crippen molar-refractivity contribution in [2.45, 2.75) is 56.1 Å². The minimum absolute atomic E-state index is 0.0239. The molecule has 1 aliphatic rings. The van der Waals surface area contributed by atoms with Crippen LogP contribution in [-0.4, -0.2) is 18.9 Å². The van der Waals surface area contributed by atoms with Gasteiger partial charge in [-0.3, -0.25) is 0 Å². The molecule has 0 saturated heterocycles. The summed E-state index contributed by atoms with van der Waals surface area (Å²) in [5, 5.41) is -0.683. The first-order valence-corrected chi connectivity index (χ1v) is 9.08. The van der Waals surface area contributed by atoms with Gasteiger partial charge in [-0.15, -0.1) is 0 Å². The van der Waals surface area contributed by atoms with Gasteiger partial charge in [0.1, 0.15) is 0 Å². The predicted molar refractivity (Wildman–Crippen MR) is 83.2 cm³/mol. The highest BCUT2D eigenvalue weighted by Gasteiger charge is 2.41. The van der Waals surface area contributed by atoms with Crippen molar-refractivity contribution in [2.75, 3.05) is 0 Å². The zero-order chi connectivity index (χ0) is 14.8. The molecule has 20 heavy (non-hydrogen) atoms. The monoisotopic (exact) mass is 295 g/mol. The minimum atomic E-state index is -3.17. The second kappa shape index (κ2) is 6.27. The third-order valence-electron chi connectivity index (χ3n) is 4.34.